The number of halogens is 1. The maximum absolute atomic E-state index is 12.7. The Kier molecular flexibility index (Phi) is 3.86. The van der Waals surface area contributed by atoms with Gasteiger partial charge in [0.25, 0.3) is 5.91 Å². The largest absolute Gasteiger partial charge is 0.497 e. The number of carbonyl (C=O) groups excluding carboxylic acids is 2. The molecule has 1 amide bonds. The zero-order chi connectivity index (χ0) is 15.7. The van der Waals surface area contributed by atoms with Crippen LogP contribution in [0, 0.1) is 0 Å². The summed E-state index contributed by atoms with van der Waals surface area (Å²) >= 11 is 6.11. The fourth-order valence-corrected chi connectivity index (χ4v) is 2.78. The molecular weight excluding hydrogens is 302 g/mol. The number of anilines is 1. The summed E-state index contributed by atoms with van der Waals surface area (Å²) in [5.74, 6) is 0.403. The minimum atomic E-state index is -0.204. The quantitative estimate of drug-likeness (QED) is 0.851. The minimum Gasteiger partial charge on any atom is -0.497 e. The van der Waals surface area contributed by atoms with Gasteiger partial charge in [0, 0.05) is 18.5 Å². The van der Waals surface area contributed by atoms with Gasteiger partial charge in [-0.25, -0.2) is 0 Å². The average molecular weight is 316 g/mol. The van der Waals surface area contributed by atoms with Crippen LogP contribution in [-0.2, 0) is 0 Å². The lowest BCUT2D eigenvalue weighted by Gasteiger charge is -2.29. The molecule has 0 spiro atoms. The van der Waals surface area contributed by atoms with Crippen LogP contribution >= 0.6 is 11.6 Å². The van der Waals surface area contributed by atoms with Gasteiger partial charge in [-0.05, 0) is 30.3 Å². The Morgan fingerprint density at radius 2 is 2.00 bits per heavy atom. The Morgan fingerprint density at radius 1 is 1.23 bits per heavy atom. The lowest BCUT2D eigenvalue weighted by atomic mass is 9.99. The molecule has 2 aromatic carbocycles. The highest BCUT2D eigenvalue weighted by Gasteiger charge is 2.29. The molecule has 0 fully saturated rings. The molecule has 0 N–H and O–H groups in total. The fourth-order valence-electron chi connectivity index (χ4n) is 2.56. The van der Waals surface area contributed by atoms with Gasteiger partial charge in [0.15, 0.2) is 5.78 Å². The van der Waals surface area contributed by atoms with Gasteiger partial charge < -0.3 is 9.64 Å². The number of amides is 1. The molecule has 2 aromatic rings. The van der Waals surface area contributed by atoms with Crippen molar-refractivity contribution in [3.63, 3.8) is 0 Å². The lowest BCUT2D eigenvalue weighted by molar-refractivity contribution is 0.0955. The summed E-state index contributed by atoms with van der Waals surface area (Å²) in [6, 6.07) is 12.1. The predicted octanol–water partition coefficient (Wildman–Crippen LogP) is 3.58. The molecule has 0 aromatic heterocycles. The maximum Gasteiger partial charge on any atom is 0.259 e. The zero-order valence-electron chi connectivity index (χ0n) is 12.0. The normalized spacial score (nSPS) is 13.7. The van der Waals surface area contributed by atoms with E-state index in [2.05, 4.69) is 0 Å². The van der Waals surface area contributed by atoms with Crippen LogP contribution in [-0.4, -0.2) is 25.3 Å². The molecule has 0 unspecified atom stereocenters. The van der Waals surface area contributed by atoms with Crippen molar-refractivity contribution in [1.29, 1.82) is 0 Å². The number of rotatable bonds is 2. The van der Waals surface area contributed by atoms with Crippen LogP contribution in [0.25, 0.3) is 0 Å². The van der Waals surface area contributed by atoms with E-state index >= 15 is 0 Å². The summed E-state index contributed by atoms with van der Waals surface area (Å²) in [6.07, 6.45) is 0.288. The Bertz CT molecular complexity index is 757. The van der Waals surface area contributed by atoms with Crippen molar-refractivity contribution in [2.24, 2.45) is 0 Å². The van der Waals surface area contributed by atoms with Gasteiger partial charge in [0.2, 0.25) is 0 Å². The molecule has 1 aliphatic heterocycles. The third-order valence-corrected chi connectivity index (χ3v) is 4.04. The highest BCUT2D eigenvalue weighted by molar-refractivity contribution is 6.34. The molecule has 112 valence electrons. The van der Waals surface area contributed by atoms with Gasteiger partial charge >= 0.3 is 0 Å². The van der Waals surface area contributed by atoms with Crippen LogP contribution in [0.15, 0.2) is 42.5 Å². The molecule has 0 saturated carbocycles. The van der Waals surface area contributed by atoms with E-state index in [1.165, 1.54) is 0 Å². The highest BCUT2D eigenvalue weighted by Crippen LogP contribution is 2.32. The number of benzene rings is 2. The van der Waals surface area contributed by atoms with Gasteiger partial charge in [0.1, 0.15) is 5.75 Å². The van der Waals surface area contributed by atoms with E-state index in [4.69, 9.17) is 16.3 Å². The first-order valence-electron chi connectivity index (χ1n) is 6.89. The van der Waals surface area contributed by atoms with Crippen LogP contribution in [0.2, 0.25) is 5.02 Å². The summed E-state index contributed by atoms with van der Waals surface area (Å²) in [5.41, 5.74) is 1.54. The number of fused-ring (bicyclic) bond motifs is 1. The van der Waals surface area contributed by atoms with Crippen molar-refractivity contribution in [1.82, 2.24) is 0 Å². The molecule has 0 atom stereocenters. The van der Waals surface area contributed by atoms with E-state index in [-0.39, 0.29) is 18.1 Å². The third-order valence-electron chi connectivity index (χ3n) is 3.71. The zero-order valence-corrected chi connectivity index (χ0v) is 12.8. The Hall–Kier alpha value is -2.33. The summed E-state index contributed by atoms with van der Waals surface area (Å²) < 4.78 is 5.15. The number of hydrogen-bond donors (Lipinski definition) is 0. The number of hydrogen-bond acceptors (Lipinski definition) is 3. The predicted molar refractivity (Wildman–Crippen MR) is 85.1 cm³/mol. The second-order valence-corrected chi connectivity index (χ2v) is 5.40. The number of ketones is 1. The molecule has 0 bridgehead atoms. The van der Waals surface area contributed by atoms with Crippen LogP contribution in [0.1, 0.15) is 27.1 Å². The molecule has 0 aliphatic carbocycles. The molecule has 1 heterocycles. The minimum absolute atomic E-state index is 0.0112. The first kappa shape index (κ1) is 14.6. The standard InChI is InChI=1S/C17H14ClNO3/c1-22-11-6-7-15-13(10-11)16(20)8-9-19(15)17(21)12-4-2-3-5-14(12)18/h2-7,10H,8-9H2,1H3. The van der Waals surface area contributed by atoms with Crippen molar-refractivity contribution in [2.75, 3.05) is 18.6 Å². The van der Waals surface area contributed by atoms with E-state index in [1.807, 2.05) is 0 Å². The monoisotopic (exact) mass is 315 g/mol. The summed E-state index contributed by atoms with van der Waals surface area (Å²) in [7, 11) is 1.54. The third kappa shape index (κ3) is 2.46. The van der Waals surface area contributed by atoms with Crippen LogP contribution in [0.5, 0.6) is 5.75 Å². The Morgan fingerprint density at radius 3 is 2.73 bits per heavy atom. The average Bonchev–Trinajstić information content (AvgIpc) is 2.55. The van der Waals surface area contributed by atoms with E-state index in [0.717, 1.165) is 0 Å². The van der Waals surface area contributed by atoms with Gasteiger partial charge in [-0.15, -0.1) is 0 Å². The SMILES string of the molecule is COc1ccc2c(c1)C(=O)CCN2C(=O)c1ccccc1Cl. The number of Topliss-reactive ketones (excluding diaryl/α,β-unsaturated/α-hetero) is 1. The van der Waals surface area contributed by atoms with E-state index in [0.29, 0.717) is 34.1 Å². The summed E-state index contributed by atoms with van der Waals surface area (Å²) in [5, 5.41) is 0.402. The number of nitrogens with zero attached hydrogens (tertiary/aromatic N) is 1. The maximum atomic E-state index is 12.7. The van der Waals surface area contributed by atoms with Crippen molar-refractivity contribution in [2.45, 2.75) is 6.42 Å². The summed E-state index contributed by atoms with van der Waals surface area (Å²) in [6.45, 7) is 0.349. The highest BCUT2D eigenvalue weighted by atomic mass is 35.5. The van der Waals surface area contributed by atoms with Crippen LogP contribution in [0.4, 0.5) is 5.69 Å². The molecular formula is C17H14ClNO3. The molecule has 0 saturated heterocycles. The fraction of sp³-hybridized carbons (Fsp3) is 0.176. The van der Waals surface area contributed by atoms with Crippen LogP contribution < -0.4 is 9.64 Å². The number of ether oxygens (including phenoxy) is 1. The van der Waals surface area contributed by atoms with Gasteiger partial charge in [-0.1, -0.05) is 23.7 Å². The molecule has 0 radical (unpaired) electrons. The van der Waals surface area contributed by atoms with Crippen molar-refractivity contribution < 1.29 is 14.3 Å². The Labute approximate surface area is 133 Å². The molecule has 3 rings (SSSR count). The van der Waals surface area contributed by atoms with Crippen molar-refractivity contribution in [3.8, 4) is 5.75 Å². The second-order valence-electron chi connectivity index (χ2n) is 4.99. The second kappa shape index (κ2) is 5.81. The van der Waals surface area contributed by atoms with E-state index < -0.39 is 0 Å². The van der Waals surface area contributed by atoms with Gasteiger partial charge in [-0.3, -0.25) is 9.59 Å². The molecule has 4 nitrogen and oxygen atoms in total. The van der Waals surface area contributed by atoms with E-state index in [1.54, 1.807) is 54.5 Å². The number of methoxy groups -OCH3 is 1. The van der Waals surface area contributed by atoms with Gasteiger partial charge in [-0.2, -0.15) is 0 Å². The lowest BCUT2D eigenvalue weighted by Crippen LogP contribution is -2.37. The molecule has 1 aliphatic rings. The first-order chi connectivity index (χ1) is 10.6. The molecule has 22 heavy (non-hydrogen) atoms. The van der Waals surface area contributed by atoms with Gasteiger partial charge in [0.05, 0.1) is 23.4 Å². The van der Waals surface area contributed by atoms with Crippen molar-refractivity contribution in [3.05, 3.63) is 58.6 Å². The summed E-state index contributed by atoms with van der Waals surface area (Å²) in [4.78, 5) is 26.4. The smallest absolute Gasteiger partial charge is 0.259 e. The topological polar surface area (TPSA) is 46.6 Å². The van der Waals surface area contributed by atoms with Crippen molar-refractivity contribution >= 4 is 29.0 Å². The van der Waals surface area contributed by atoms with E-state index in [9.17, 15) is 9.59 Å². The number of carbonyl (C=O) groups is 2. The van der Waals surface area contributed by atoms with Crippen LogP contribution in [0.3, 0.4) is 0 Å². The Balaban J connectivity index is 2.04. The molecule has 5 heteroatoms. The first-order valence-corrected chi connectivity index (χ1v) is 7.27.